The van der Waals surface area contributed by atoms with Crippen molar-refractivity contribution in [3.63, 3.8) is 0 Å². The third kappa shape index (κ3) is 6.10. The Bertz CT molecular complexity index is 1250. The smallest absolute Gasteiger partial charge is 0.231 e. The summed E-state index contributed by atoms with van der Waals surface area (Å²) in [6, 6.07) is 13.0. The number of ether oxygens (including phenoxy) is 4. The summed E-state index contributed by atoms with van der Waals surface area (Å²) < 4.78 is 22.8. The molecule has 37 heavy (non-hydrogen) atoms. The molecule has 0 radical (unpaired) electrons. The minimum atomic E-state index is -0.345. The fraction of sp³-hybridized carbons (Fsp3) is 0.370. The number of anilines is 2. The second-order valence-electron chi connectivity index (χ2n) is 8.99. The summed E-state index contributed by atoms with van der Waals surface area (Å²) in [4.78, 5) is 23.8. The molecule has 3 heterocycles. The average molecular weight is 506 g/mol. The second kappa shape index (κ2) is 11.4. The molecule has 0 spiro atoms. The van der Waals surface area contributed by atoms with Crippen molar-refractivity contribution in [3.05, 3.63) is 54.2 Å². The van der Waals surface area contributed by atoms with Crippen molar-refractivity contribution >= 4 is 17.5 Å². The Hall–Kier alpha value is -3.89. The summed E-state index contributed by atoms with van der Waals surface area (Å²) >= 11 is 0. The number of morpholine rings is 1. The van der Waals surface area contributed by atoms with Gasteiger partial charge in [0.1, 0.15) is 30.5 Å². The van der Waals surface area contributed by atoms with E-state index in [1.807, 2.05) is 36.4 Å². The van der Waals surface area contributed by atoms with Crippen LogP contribution in [0.2, 0.25) is 0 Å². The monoisotopic (exact) mass is 505 g/mol. The van der Waals surface area contributed by atoms with Gasteiger partial charge in [0.05, 0.1) is 37.6 Å². The molecule has 1 saturated heterocycles. The minimum absolute atomic E-state index is 0.134. The van der Waals surface area contributed by atoms with E-state index in [4.69, 9.17) is 24.7 Å². The van der Waals surface area contributed by atoms with Crippen LogP contribution in [0.4, 0.5) is 11.6 Å². The van der Waals surface area contributed by atoms with E-state index in [0.717, 1.165) is 55.5 Å². The summed E-state index contributed by atoms with van der Waals surface area (Å²) in [5.41, 5.74) is 8.81. The largest absolute Gasteiger partial charge is 0.497 e. The molecule has 1 aromatic heterocycles. The molecule has 3 N–H and O–H groups in total. The molecule has 0 unspecified atom stereocenters. The van der Waals surface area contributed by atoms with Crippen LogP contribution in [-0.2, 0) is 16.0 Å². The third-order valence-corrected chi connectivity index (χ3v) is 6.52. The first-order chi connectivity index (χ1) is 18.1. The van der Waals surface area contributed by atoms with Gasteiger partial charge >= 0.3 is 0 Å². The van der Waals surface area contributed by atoms with Crippen LogP contribution in [0.5, 0.6) is 17.2 Å². The van der Waals surface area contributed by atoms with Crippen LogP contribution >= 0.6 is 0 Å². The Morgan fingerprint density at radius 2 is 2.05 bits per heavy atom. The van der Waals surface area contributed by atoms with Crippen molar-refractivity contribution in [3.8, 4) is 28.5 Å². The van der Waals surface area contributed by atoms with Crippen LogP contribution in [-0.4, -0.2) is 73.9 Å². The number of methoxy groups -OCH3 is 1. The van der Waals surface area contributed by atoms with Crippen LogP contribution in [0, 0.1) is 5.92 Å². The Morgan fingerprint density at radius 3 is 2.86 bits per heavy atom. The third-order valence-electron chi connectivity index (χ3n) is 6.52. The number of nitrogen functional groups attached to an aromatic ring is 1. The number of hydrogen-bond donors (Lipinski definition) is 2. The summed E-state index contributed by atoms with van der Waals surface area (Å²) in [6.45, 7) is 4.74. The summed E-state index contributed by atoms with van der Waals surface area (Å²) in [5, 5.41) is 3.05. The predicted molar refractivity (Wildman–Crippen MR) is 139 cm³/mol. The normalized spacial score (nSPS) is 17.4. The van der Waals surface area contributed by atoms with Gasteiger partial charge in [-0.3, -0.25) is 9.69 Å². The Labute approximate surface area is 215 Å². The van der Waals surface area contributed by atoms with Gasteiger partial charge in [-0.15, -0.1) is 0 Å². The number of benzene rings is 2. The number of fused-ring (bicyclic) bond motifs is 1. The molecular weight excluding hydrogens is 474 g/mol. The fourth-order valence-corrected chi connectivity index (χ4v) is 4.45. The molecule has 1 atom stereocenters. The molecule has 10 nitrogen and oxygen atoms in total. The molecule has 5 rings (SSSR count). The zero-order chi connectivity index (χ0) is 25.6. The lowest BCUT2D eigenvalue weighted by Gasteiger charge is -2.27. The second-order valence-corrected chi connectivity index (χ2v) is 8.99. The lowest BCUT2D eigenvalue weighted by atomic mass is 9.95. The van der Waals surface area contributed by atoms with Crippen LogP contribution in [0.3, 0.4) is 0 Å². The van der Waals surface area contributed by atoms with Gasteiger partial charge < -0.3 is 30.0 Å². The quantitative estimate of drug-likeness (QED) is 0.476. The Balaban J connectivity index is 1.32. The van der Waals surface area contributed by atoms with Crippen molar-refractivity contribution in [2.45, 2.75) is 6.42 Å². The van der Waals surface area contributed by atoms with Gasteiger partial charge in [-0.05, 0) is 48.4 Å². The highest BCUT2D eigenvalue weighted by molar-refractivity contribution is 5.95. The number of hydrogen-bond acceptors (Lipinski definition) is 9. The van der Waals surface area contributed by atoms with E-state index in [0.29, 0.717) is 36.8 Å². The number of carbonyl (C=O) groups excluding carboxylic acids is 1. The standard InChI is InChI=1S/C27H31N5O5/c1-34-21-3-5-24-19(15-21)14-20(17-37-24)26(33)30-23-4-2-18(22-6-7-29-27(28)31-22)16-25(23)36-13-10-32-8-11-35-12-9-32/h2-7,15-16,20H,8-14,17H2,1H3,(H,30,33)(H2,28,29,31)/t20-/m0/s1. The SMILES string of the molecule is COc1ccc2c(c1)C[C@H](C(=O)Nc1ccc(-c3ccnc(N)n3)cc1OCCN1CCOCC1)CO2. The van der Waals surface area contributed by atoms with E-state index in [1.165, 1.54) is 0 Å². The van der Waals surface area contributed by atoms with Gasteiger partial charge in [-0.25, -0.2) is 9.97 Å². The molecule has 0 aliphatic carbocycles. The number of amides is 1. The number of carbonyl (C=O) groups is 1. The van der Waals surface area contributed by atoms with E-state index in [9.17, 15) is 4.79 Å². The first-order valence-electron chi connectivity index (χ1n) is 12.4. The van der Waals surface area contributed by atoms with Gasteiger partial charge in [0.15, 0.2) is 0 Å². The first kappa shape index (κ1) is 24.8. The minimum Gasteiger partial charge on any atom is -0.497 e. The Morgan fingerprint density at radius 1 is 1.19 bits per heavy atom. The predicted octanol–water partition coefficient (Wildman–Crippen LogP) is 2.64. The van der Waals surface area contributed by atoms with Crippen molar-refractivity contribution in [2.24, 2.45) is 5.92 Å². The van der Waals surface area contributed by atoms with E-state index in [2.05, 4.69) is 20.2 Å². The van der Waals surface area contributed by atoms with Crippen LogP contribution in [0.15, 0.2) is 48.7 Å². The van der Waals surface area contributed by atoms with Gasteiger partial charge in [-0.2, -0.15) is 0 Å². The molecule has 0 saturated carbocycles. The summed E-state index contributed by atoms with van der Waals surface area (Å²) in [7, 11) is 1.62. The zero-order valence-corrected chi connectivity index (χ0v) is 20.8. The van der Waals surface area contributed by atoms with Gasteiger partial charge in [0.25, 0.3) is 0 Å². The zero-order valence-electron chi connectivity index (χ0n) is 20.8. The van der Waals surface area contributed by atoms with Crippen molar-refractivity contribution in [1.29, 1.82) is 0 Å². The molecule has 3 aromatic rings. The van der Waals surface area contributed by atoms with Crippen molar-refractivity contribution in [2.75, 3.05) is 64.2 Å². The summed E-state index contributed by atoms with van der Waals surface area (Å²) in [6.07, 6.45) is 2.17. The maximum absolute atomic E-state index is 13.3. The van der Waals surface area contributed by atoms with Crippen molar-refractivity contribution in [1.82, 2.24) is 14.9 Å². The Kier molecular flexibility index (Phi) is 7.67. The molecule has 2 aliphatic rings. The molecule has 1 amide bonds. The van der Waals surface area contributed by atoms with Crippen LogP contribution < -0.4 is 25.3 Å². The van der Waals surface area contributed by atoms with Crippen LogP contribution in [0.25, 0.3) is 11.3 Å². The van der Waals surface area contributed by atoms with E-state index in [-0.39, 0.29) is 17.8 Å². The number of nitrogens with zero attached hydrogens (tertiary/aromatic N) is 3. The number of aromatic nitrogens is 2. The molecule has 2 aliphatic heterocycles. The fourth-order valence-electron chi connectivity index (χ4n) is 4.45. The van der Waals surface area contributed by atoms with E-state index < -0.39 is 0 Å². The van der Waals surface area contributed by atoms with E-state index >= 15 is 0 Å². The summed E-state index contributed by atoms with van der Waals surface area (Å²) in [5.74, 6) is 1.80. The molecule has 0 bridgehead atoms. The molecule has 194 valence electrons. The average Bonchev–Trinajstić information content (AvgIpc) is 2.93. The first-order valence-corrected chi connectivity index (χ1v) is 12.4. The van der Waals surface area contributed by atoms with Gasteiger partial charge in [0, 0.05) is 31.4 Å². The van der Waals surface area contributed by atoms with Crippen molar-refractivity contribution < 1.29 is 23.7 Å². The lowest BCUT2D eigenvalue weighted by molar-refractivity contribution is -0.121. The molecule has 10 heteroatoms. The maximum atomic E-state index is 13.3. The number of nitrogens with two attached hydrogens (primary N) is 1. The highest BCUT2D eigenvalue weighted by atomic mass is 16.5. The van der Waals surface area contributed by atoms with Crippen LogP contribution in [0.1, 0.15) is 5.56 Å². The molecule has 2 aromatic carbocycles. The van der Waals surface area contributed by atoms with Gasteiger partial charge in [-0.1, -0.05) is 6.07 Å². The van der Waals surface area contributed by atoms with Gasteiger partial charge in [0.2, 0.25) is 11.9 Å². The lowest BCUT2D eigenvalue weighted by Crippen LogP contribution is -2.38. The maximum Gasteiger partial charge on any atom is 0.231 e. The topological polar surface area (TPSA) is 121 Å². The van der Waals surface area contributed by atoms with E-state index in [1.54, 1.807) is 19.4 Å². The highest BCUT2D eigenvalue weighted by Gasteiger charge is 2.27. The number of nitrogens with one attached hydrogen (secondary N) is 1. The number of rotatable bonds is 8. The molecular formula is C27H31N5O5. The highest BCUT2D eigenvalue weighted by Crippen LogP contribution is 2.33. The molecule has 1 fully saturated rings.